The van der Waals surface area contributed by atoms with Gasteiger partial charge in [0.25, 0.3) is 0 Å². The Bertz CT molecular complexity index is 305. The molecule has 0 aliphatic rings. The van der Waals surface area contributed by atoms with E-state index in [0.717, 1.165) is 0 Å². The van der Waals surface area contributed by atoms with Crippen molar-refractivity contribution in [1.82, 2.24) is 0 Å². The summed E-state index contributed by atoms with van der Waals surface area (Å²) in [5, 5.41) is 2.11. The predicted molar refractivity (Wildman–Crippen MR) is 47.6 cm³/mol. The van der Waals surface area contributed by atoms with Gasteiger partial charge in [0.2, 0.25) is 0 Å². The summed E-state index contributed by atoms with van der Waals surface area (Å²) < 4.78 is 2.73. The number of hydrogen-bond acceptors (Lipinski definition) is 3. The Morgan fingerprint density at radius 2 is 2.30 bits per heavy atom. The van der Waals surface area contributed by atoms with Gasteiger partial charge in [-0.2, -0.15) is 0 Å². The second kappa shape index (κ2) is 2.34. The van der Waals surface area contributed by atoms with Crippen LogP contribution in [0.25, 0.3) is 9.40 Å². The number of thiophene rings is 2. The molecule has 0 atom stereocenters. The van der Waals surface area contributed by atoms with Crippen molar-refractivity contribution in [1.29, 1.82) is 0 Å². The van der Waals surface area contributed by atoms with Gasteiger partial charge in [0.1, 0.15) is 0 Å². The van der Waals surface area contributed by atoms with Crippen molar-refractivity contribution in [3.05, 3.63) is 22.4 Å². The van der Waals surface area contributed by atoms with Crippen molar-refractivity contribution in [2.24, 2.45) is 5.73 Å². The van der Waals surface area contributed by atoms with Crippen molar-refractivity contribution in [3.8, 4) is 0 Å². The maximum atomic E-state index is 5.49. The van der Waals surface area contributed by atoms with Gasteiger partial charge in [0.15, 0.2) is 0 Å². The van der Waals surface area contributed by atoms with E-state index >= 15 is 0 Å². The van der Waals surface area contributed by atoms with Gasteiger partial charge in [-0.3, -0.25) is 0 Å². The molecule has 0 amide bonds. The molecule has 2 rings (SSSR count). The summed E-state index contributed by atoms with van der Waals surface area (Å²) in [5.74, 6) is 0. The smallest absolute Gasteiger partial charge is 0.0453 e. The molecule has 2 aromatic rings. The van der Waals surface area contributed by atoms with E-state index in [9.17, 15) is 0 Å². The fraction of sp³-hybridized carbons (Fsp3) is 0.143. The van der Waals surface area contributed by atoms with Gasteiger partial charge in [-0.1, -0.05) is 0 Å². The van der Waals surface area contributed by atoms with Crippen LogP contribution in [0.15, 0.2) is 17.5 Å². The summed E-state index contributed by atoms with van der Waals surface area (Å²) in [6.07, 6.45) is 0. The van der Waals surface area contributed by atoms with Crippen molar-refractivity contribution in [2.75, 3.05) is 0 Å². The molecule has 0 unspecified atom stereocenters. The van der Waals surface area contributed by atoms with Crippen LogP contribution >= 0.6 is 22.7 Å². The lowest BCUT2D eigenvalue weighted by molar-refractivity contribution is 1.11. The van der Waals surface area contributed by atoms with Crippen LogP contribution in [0.3, 0.4) is 0 Å². The second-order valence-corrected chi connectivity index (χ2v) is 4.18. The Morgan fingerprint density at radius 3 is 3.00 bits per heavy atom. The van der Waals surface area contributed by atoms with Crippen LogP contribution in [0.5, 0.6) is 0 Å². The maximum absolute atomic E-state index is 5.49. The molecule has 52 valence electrons. The first-order valence-electron chi connectivity index (χ1n) is 3.06. The van der Waals surface area contributed by atoms with Crippen molar-refractivity contribution in [2.45, 2.75) is 6.54 Å². The summed E-state index contributed by atoms with van der Waals surface area (Å²) in [6, 6.07) is 4.31. The highest BCUT2D eigenvalue weighted by molar-refractivity contribution is 7.26. The topological polar surface area (TPSA) is 26.0 Å². The van der Waals surface area contributed by atoms with Crippen molar-refractivity contribution >= 4 is 32.1 Å². The molecule has 10 heavy (non-hydrogen) atoms. The molecule has 0 saturated heterocycles. The van der Waals surface area contributed by atoms with Gasteiger partial charge >= 0.3 is 0 Å². The van der Waals surface area contributed by atoms with Crippen LogP contribution in [-0.4, -0.2) is 0 Å². The largest absolute Gasteiger partial charge is 0.326 e. The molecular weight excluding hydrogens is 162 g/mol. The maximum Gasteiger partial charge on any atom is 0.0453 e. The lowest BCUT2D eigenvalue weighted by Gasteiger charge is -1.81. The highest BCUT2D eigenvalue weighted by atomic mass is 32.1. The van der Waals surface area contributed by atoms with Crippen LogP contribution < -0.4 is 5.73 Å². The normalized spacial score (nSPS) is 10.9. The molecule has 0 bridgehead atoms. The van der Waals surface area contributed by atoms with Crippen LogP contribution in [0.2, 0.25) is 0 Å². The Labute approximate surface area is 67.1 Å². The van der Waals surface area contributed by atoms with Crippen LogP contribution in [0.1, 0.15) is 4.88 Å². The van der Waals surface area contributed by atoms with E-state index in [4.69, 9.17) is 5.73 Å². The zero-order chi connectivity index (χ0) is 6.97. The second-order valence-electron chi connectivity index (χ2n) is 2.07. The molecule has 2 heterocycles. The Hall–Kier alpha value is -0.380. The summed E-state index contributed by atoms with van der Waals surface area (Å²) in [4.78, 5) is 1.28. The van der Waals surface area contributed by atoms with E-state index in [1.165, 1.54) is 14.3 Å². The minimum absolute atomic E-state index is 0.673. The monoisotopic (exact) mass is 169 g/mol. The first-order valence-corrected chi connectivity index (χ1v) is 4.76. The Kier molecular flexibility index (Phi) is 1.48. The quantitative estimate of drug-likeness (QED) is 0.697. The Balaban J connectivity index is 2.67. The minimum atomic E-state index is 0.673. The first-order chi connectivity index (χ1) is 4.90. The molecule has 1 nitrogen and oxygen atoms in total. The molecule has 3 heteroatoms. The summed E-state index contributed by atoms with van der Waals surface area (Å²) in [7, 11) is 0. The first kappa shape index (κ1) is 6.34. The number of hydrogen-bond donors (Lipinski definition) is 1. The lowest BCUT2D eigenvalue weighted by Crippen LogP contribution is -1.90. The predicted octanol–water partition coefficient (Wildman–Crippen LogP) is 2.42. The van der Waals surface area contributed by atoms with E-state index in [2.05, 4.69) is 17.5 Å². The summed E-state index contributed by atoms with van der Waals surface area (Å²) >= 11 is 3.57. The van der Waals surface area contributed by atoms with Crippen LogP contribution in [0.4, 0.5) is 0 Å². The highest BCUT2D eigenvalue weighted by Crippen LogP contribution is 2.29. The number of rotatable bonds is 1. The molecular formula is C7H7NS2. The third-order valence-electron chi connectivity index (χ3n) is 1.39. The average molecular weight is 169 g/mol. The molecule has 2 aromatic heterocycles. The fourth-order valence-electron chi connectivity index (χ4n) is 0.916. The van der Waals surface area contributed by atoms with E-state index in [0.29, 0.717) is 6.54 Å². The third kappa shape index (κ3) is 0.868. The molecule has 0 saturated carbocycles. The summed E-state index contributed by atoms with van der Waals surface area (Å²) in [5.41, 5.74) is 5.49. The van der Waals surface area contributed by atoms with Crippen molar-refractivity contribution in [3.63, 3.8) is 0 Å². The standard InChI is InChI=1S/C7H7NS2/c8-4-5-3-7-6(10-5)1-2-9-7/h1-3H,4,8H2. The fourth-order valence-corrected chi connectivity index (χ4v) is 2.93. The van der Waals surface area contributed by atoms with E-state index < -0.39 is 0 Å². The van der Waals surface area contributed by atoms with Gasteiger partial charge < -0.3 is 5.73 Å². The molecule has 2 N–H and O–H groups in total. The van der Waals surface area contributed by atoms with Crippen LogP contribution in [0, 0.1) is 0 Å². The van der Waals surface area contributed by atoms with Crippen molar-refractivity contribution < 1.29 is 0 Å². The lowest BCUT2D eigenvalue weighted by atomic mass is 10.4. The number of nitrogens with two attached hydrogens (primary N) is 1. The zero-order valence-corrected chi connectivity index (χ0v) is 6.97. The minimum Gasteiger partial charge on any atom is -0.326 e. The molecule has 0 aliphatic heterocycles. The van der Waals surface area contributed by atoms with Gasteiger partial charge in [0.05, 0.1) is 0 Å². The zero-order valence-electron chi connectivity index (χ0n) is 5.33. The molecule has 0 aliphatic carbocycles. The molecule has 0 aromatic carbocycles. The average Bonchev–Trinajstić information content (AvgIpc) is 2.42. The Morgan fingerprint density at radius 1 is 1.40 bits per heavy atom. The highest BCUT2D eigenvalue weighted by Gasteiger charge is 1.99. The van der Waals surface area contributed by atoms with Gasteiger partial charge in [-0.25, -0.2) is 0 Å². The number of fused-ring (bicyclic) bond motifs is 1. The molecule has 0 radical (unpaired) electrons. The SMILES string of the molecule is NCc1cc2sccc2s1. The van der Waals surface area contributed by atoms with E-state index in [-0.39, 0.29) is 0 Å². The van der Waals surface area contributed by atoms with E-state index in [1.807, 2.05) is 0 Å². The van der Waals surface area contributed by atoms with E-state index in [1.54, 1.807) is 22.7 Å². The summed E-state index contributed by atoms with van der Waals surface area (Å²) in [6.45, 7) is 0.673. The van der Waals surface area contributed by atoms with Crippen LogP contribution in [-0.2, 0) is 6.54 Å². The molecule has 0 fully saturated rings. The van der Waals surface area contributed by atoms with Gasteiger partial charge in [0, 0.05) is 20.8 Å². The third-order valence-corrected chi connectivity index (χ3v) is 3.51. The molecule has 0 spiro atoms. The van der Waals surface area contributed by atoms with Gasteiger partial charge in [-0.15, -0.1) is 22.7 Å². The van der Waals surface area contributed by atoms with Gasteiger partial charge in [-0.05, 0) is 17.5 Å².